The van der Waals surface area contributed by atoms with Crippen molar-refractivity contribution >= 4 is 15.9 Å². The van der Waals surface area contributed by atoms with Crippen molar-refractivity contribution in [3.63, 3.8) is 0 Å². The number of hydrogen-bond acceptors (Lipinski definition) is 4. The van der Waals surface area contributed by atoms with Crippen LogP contribution in [0.25, 0.3) is 0 Å². The van der Waals surface area contributed by atoms with E-state index in [2.05, 4.69) is 10.0 Å². The summed E-state index contributed by atoms with van der Waals surface area (Å²) in [5.74, 6) is -0.231. The van der Waals surface area contributed by atoms with E-state index in [-0.39, 0.29) is 29.8 Å². The number of carbonyl (C=O) groups is 1. The van der Waals surface area contributed by atoms with Crippen LogP contribution < -0.4 is 10.0 Å². The third-order valence-electron chi connectivity index (χ3n) is 2.95. The molecule has 1 aromatic rings. The first-order valence-corrected chi connectivity index (χ1v) is 8.16. The van der Waals surface area contributed by atoms with Gasteiger partial charge in [-0.3, -0.25) is 4.79 Å². The second-order valence-corrected chi connectivity index (χ2v) is 6.38. The first kappa shape index (κ1) is 17.1. The molecule has 1 atom stereocenters. The molecule has 1 amide bonds. The Balaban J connectivity index is 2.78. The summed E-state index contributed by atoms with van der Waals surface area (Å²) in [5.41, 5.74) is 0.409. The Kier molecular flexibility index (Phi) is 6.34. The van der Waals surface area contributed by atoms with E-state index in [1.54, 1.807) is 0 Å². The number of hydrogen-bond donors (Lipinski definition) is 2. The molecule has 0 spiro atoms. The Morgan fingerprint density at radius 1 is 1.33 bits per heavy atom. The highest BCUT2D eigenvalue weighted by atomic mass is 32.2. The lowest BCUT2D eigenvalue weighted by Crippen LogP contribution is -2.32. The lowest BCUT2D eigenvalue weighted by molar-refractivity contribution is 0.0939. The molecule has 0 aromatic heterocycles. The van der Waals surface area contributed by atoms with Gasteiger partial charge in [-0.15, -0.1) is 0 Å². The second-order valence-electron chi connectivity index (χ2n) is 4.61. The van der Waals surface area contributed by atoms with Crippen molar-refractivity contribution in [2.75, 3.05) is 6.54 Å². The Hall–Kier alpha value is -1.91. The van der Waals surface area contributed by atoms with Crippen LogP contribution >= 0.6 is 0 Å². The summed E-state index contributed by atoms with van der Waals surface area (Å²) in [6, 6.07) is 7.61. The van der Waals surface area contributed by atoms with E-state index in [4.69, 9.17) is 5.26 Å². The molecule has 0 saturated heterocycles. The summed E-state index contributed by atoms with van der Waals surface area (Å²) in [6.45, 7) is 3.93. The molecule has 0 fully saturated rings. The van der Waals surface area contributed by atoms with Crippen molar-refractivity contribution in [1.29, 1.82) is 5.26 Å². The summed E-state index contributed by atoms with van der Waals surface area (Å²) in [7, 11) is -3.64. The zero-order chi connectivity index (χ0) is 15.9. The number of carbonyl (C=O) groups excluding carboxylic acids is 1. The summed E-state index contributed by atoms with van der Waals surface area (Å²) >= 11 is 0. The minimum atomic E-state index is -3.64. The van der Waals surface area contributed by atoms with Gasteiger partial charge in [-0.2, -0.15) is 5.26 Å². The van der Waals surface area contributed by atoms with Crippen molar-refractivity contribution in [2.45, 2.75) is 37.6 Å². The smallest absolute Gasteiger partial charge is 0.251 e. The Morgan fingerprint density at radius 3 is 2.48 bits per heavy atom. The fourth-order valence-electron chi connectivity index (χ4n) is 1.52. The van der Waals surface area contributed by atoms with Gasteiger partial charge in [0.2, 0.25) is 10.0 Å². The number of rotatable bonds is 7. The highest BCUT2D eigenvalue weighted by molar-refractivity contribution is 7.89. The lowest BCUT2D eigenvalue weighted by atomic mass is 10.2. The van der Waals surface area contributed by atoms with Crippen LogP contribution in [0.2, 0.25) is 0 Å². The number of nitriles is 1. The zero-order valence-corrected chi connectivity index (χ0v) is 12.9. The second kappa shape index (κ2) is 7.76. The Morgan fingerprint density at radius 2 is 1.95 bits per heavy atom. The van der Waals surface area contributed by atoms with Crippen molar-refractivity contribution in [3.05, 3.63) is 29.8 Å². The van der Waals surface area contributed by atoms with Gasteiger partial charge in [-0.1, -0.05) is 6.92 Å². The van der Waals surface area contributed by atoms with Crippen LogP contribution in [0.4, 0.5) is 0 Å². The molecule has 1 rings (SSSR count). The minimum Gasteiger partial charge on any atom is -0.350 e. The van der Waals surface area contributed by atoms with E-state index in [9.17, 15) is 13.2 Å². The molecule has 0 heterocycles. The van der Waals surface area contributed by atoms with Crippen LogP contribution in [0, 0.1) is 11.3 Å². The predicted molar refractivity (Wildman–Crippen MR) is 79.1 cm³/mol. The number of benzene rings is 1. The van der Waals surface area contributed by atoms with Crippen molar-refractivity contribution in [1.82, 2.24) is 10.0 Å². The average molecular weight is 309 g/mol. The molecule has 2 N–H and O–H groups in total. The maximum atomic E-state index is 11.9. The summed E-state index contributed by atoms with van der Waals surface area (Å²) in [5, 5.41) is 11.2. The molecule has 7 heteroatoms. The summed E-state index contributed by atoms with van der Waals surface area (Å²) in [6.07, 6.45) is 0.926. The molecule has 0 aliphatic carbocycles. The maximum Gasteiger partial charge on any atom is 0.251 e. The van der Waals surface area contributed by atoms with Crippen LogP contribution in [-0.2, 0) is 10.0 Å². The molecule has 0 aliphatic rings. The monoisotopic (exact) mass is 309 g/mol. The van der Waals surface area contributed by atoms with Gasteiger partial charge in [0.25, 0.3) is 5.91 Å². The van der Waals surface area contributed by atoms with Gasteiger partial charge in [0.15, 0.2) is 0 Å². The SMILES string of the molecule is CCC(C)NC(=O)c1ccc(S(=O)(=O)NCCC#N)cc1. The molecular weight excluding hydrogens is 290 g/mol. The largest absolute Gasteiger partial charge is 0.350 e. The van der Waals surface area contributed by atoms with Crippen LogP contribution in [0.15, 0.2) is 29.2 Å². The third kappa shape index (κ3) is 5.17. The molecule has 0 aliphatic heterocycles. The number of nitrogens with one attached hydrogen (secondary N) is 2. The van der Waals surface area contributed by atoms with Crippen LogP contribution in [0.1, 0.15) is 37.0 Å². The molecule has 0 radical (unpaired) electrons. The van der Waals surface area contributed by atoms with Gasteiger partial charge in [0.05, 0.1) is 11.0 Å². The van der Waals surface area contributed by atoms with Crippen LogP contribution in [0.5, 0.6) is 0 Å². The quantitative estimate of drug-likeness (QED) is 0.744. The number of nitrogens with zero attached hydrogens (tertiary/aromatic N) is 1. The van der Waals surface area contributed by atoms with Gasteiger partial charge in [-0.25, -0.2) is 13.1 Å². The number of amides is 1. The zero-order valence-electron chi connectivity index (χ0n) is 12.1. The summed E-state index contributed by atoms with van der Waals surface area (Å²) in [4.78, 5) is 11.9. The molecule has 114 valence electrons. The molecule has 0 saturated carbocycles. The van der Waals surface area contributed by atoms with Gasteiger partial charge in [0, 0.05) is 24.6 Å². The molecule has 1 unspecified atom stereocenters. The lowest BCUT2D eigenvalue weighted by Gasteiger charge is -2.11. The maximum absolute atomic E-state index is 11.9. The van der Waals surface area contributed by atoms with E-state index >= 15 is 0 Å². The van der Waals surface area contributed by atoms with Crippen LogP contribution in [-0.4, -0.2) is 26.9 Å². The minimum absolute atomic E-state index is 0.0635. The van der Waals surface area contributed by atoms with E-state index in [1.807, 2.05) is 19.9 Å². The molecule has 1 aromatic carbocycles. The standard InChI is InChI=1S/C14H19N3O3S/c1-3-11(2)17-14(18)12-5-7-13(8-6-12)21(19,20)16-10-4-9-15/h5-8,11,16H,3-4,10H2,1-2H3,(H,17,18). The first-order valence-electron chi connectivity index (χ1n) is 6.68. The van der Waals surface area contributed by atoms with Crippen molar-refractivity contribution in [3.8, 4) is 6.07 Å². The van der Waals surface area contributed by atoms with E-state index in [1.165, 1.54) is 24.3 Å². The van der Waals surface area contributed by atoms with E-state index in [0.29, 0.717) is 5.56 Å². The fraction of sp³-hybridized carbons (Fsp3) is 0.429. The Bertz CT molecular complexity index is 618. The van der Waals surface area contributed by atoms with Gasteiger partial charge in [0.1, 0.15) is 0 Å². The van der Waals surface area contributed by atoms with E-state index < -0.39 is 10.0 Å². The highest BCUT2D eigenvalue weighted by Crippen LogP contribution is 2.11. The van der Waals surface area contributed by atoms with Gasteiger partial charge in [-0.05, 0) is 37.6 Å². The highest BCUT2D eigenvalue weighted by Gasteiger charge is 2.14. The number of sulfonamides is 1. The normalized spacial score (nSPS) is 12.4. The fourth-order valence-corrected chi connectivity index (χ4v) is 2.55. The van der Waals surface area contributed by atoms with Crippen molar-refractivity contribution in [2.24, 2.45) is 0 Å². The molecule has 6 nitrogen and oxygen atoms in total. The topological polar surface area (TPSA) is 99.1 Å². The Labute approximate surface area is 125 Å². The van der Waals surface area contributed by atoms with Gasteiger partial charge < -0.3 is 5.32 Å². The first-order chi connectivity index (χ1) is 9.90. The summed E-state index contributed by atoms with van der Waals surface area (Å²) < 4.78 is 26.1. The van der Waals surface area contributed by atoms with Crippen molar-refractivity contribution < 1.29 is 13.2 Å². The predicted octanol–water partition coefficient (Wildman–Crippen LogP) is 1.41. The van der Waals surface area contributed by atoms with Gasteiger partial charge >= 0.3 is 0 Å². The molecule has 21 heavy (non-hydrogen) atoms. The molecular formula is C14H19N3O3S. The van der Waals surface area contributed by atoms with E-state index in [0.717, 1.165) is 6.42 Å². The van der Waals surface area contributed by atoms with Crippen LogP contribution in [0.3, 0.4) is 0 Å². The third-order valence-corrected chi connectivity index (χ3v) is 4.42. The average Bonchev–Trinajstić information content (AvgIpc) is 2.47. The molecule has 0 bridgehead atoms.